The molecule has 0 saturated carbocycles. The smallest absolute Gasteiger partial charge is 0.191 e. The SMILES string of the molecule is CN=C(NCC(C)CN1CCCC1)NC1CC(C)N(Cc2ccccc2)C1.I. The molecule has 0 aliphatic carbocycles. The summed E-state index contributed by atoms with van der Waals surface area (Å²) in [5.74, 6) is 1.58. The summed E-state index contributed by atoms with van der Waals surface area (Å²) in [6.45, 7) is 11.5. The van der Waals surface area contributed by atoms with Crippen LogP contribution in [0.1, 0.15) is 38.7 Å². The number of nitrogens with zero attached hydrogens (tertiary/aromatic N) is 3. The normalized spacial score (nSPS) is 24.8. The molecule has 3 rings (SSSR count). The van der Waals surface area contributed by atoms with Crippen LogP contribution in [-0.2, 0) is 6.54 Å². The van der Waals surface area contributed by atoms with Crippen LogP contribution in [0.4, 0.5) is 0 Å². The minimum absolute atomic E-state index is 0. The van der Waals surface area contributed by atoms with Crippen LogP contribution in [0, 0.1) is 5.92 Å². The Morgan fingerprint density at radius 2 is 1.93 bits per heavy atom. The Labute approximate surface area is 188 Å². The number of hydrogen-bond donors (Lipinski definition) is 2. The van der Waals surface area contributed by atoms with Crippen molar-refractivity contribution in [2.24, 2.45) is 10.9 Å². The van der Waals surface area contributed by atoms with E-state index in [4.69, 9.17) is 0 Å². The van der Waals surface area contributed by atoms with E-state index in [9.17, 15) is 0 Å². The molecule has 2 aliphatic rings. The number of likely N-dealkylation sites (tertiary alicyclic amines) is 2. The van der Waals surface area contributed by atoms with Crippen LogP contribution in [0.25, 0.3) is 0 Å². The van der Waals surface area contributed by atoms with Crippen LogP contribution in [0.5, 0.6) is 0 Å². The topological polar surface area (TPSA) is 42.9 Å². The molecule has 1 aromatic rings. The van der Waals surface area contributed by atoms with Gasteiger partial charge in [-0.3, -0.25) is 9.89 Å². The Bertz CT molecular complexity index is 588. The van der Waals surface area contributed by atoms with Crippen LogP contribution < -0.4 is 10.6 Å². The van der Waals surface area contributed by atoms with Gasteiger partial charge in [-0.2, -0.15) is 0 Å². The molecule has 3 atom stereocenters. The lowest BCUT2D eigenvalue weighted by molar-refractivity contribution is 0.258. The predicted octanol–water partition coefficient (Wildman–Crippen LogP) is 3.16. The molecule has 28 heavy (non-hydrogen) atoms. The summed E-state index contributed by atoms with van der Waals surface area (Å²) in [5, 5.41) is 7.19. The third-order valence-corrected chi connectivity index (χ3v) is 5.88. The first-order valence-corrected chi connectivity index (χ1v) is 10.6. The second-order valence-corrected chi connectivity index (χ2v) is 8.41. The third kappa shape index (κ3) is 7.19. The van der Waals surface area contributed by atoms with E-state index in [-0.39, 0.29) is 24.0 Å². The van der Waals surface area contributed by atoms with Crippen LogP contribution in [-0.4, -0.2) is 67.6 Å². The molecule has 158 valence electrons. The highest BCUT2D eigenvalue weighted by atomic mass is 127. The average molecular weight is 499 g/mol. The molecule has 0 radical (unpaired) electrons. The maximum atomic E-state index is 4.45. The Morgan fingerprint density at radius 3 is 2.61 bits per heavy atom. The molecule has 0 bridgehead atoms. The molecule has 2 fully saturated rings. The minimum atomic E-state index is 0. The van der Waals surface area contributed by atoms with Gasteiger partial charge in [0.05, 0.1) is 0 Å². The predicted molar refractivity (Wildman–Crippen MR) is 129 cm³/mol. The summed E-state index contributed by atoms with van der Waals surface area (Å²) < 4.78 is 0. The summed E-state index contributed by atoms with van der Waals surface area (Å²) in [5.41, 5.74) is 1.39. The Kier molecular flexibility index (Phi) is 10.0. The highest BCUT2D eigenvalue weighted by Gasteiger charge is 2.29. The van der Waals surface area contributed by atoms with Crippen molar-refractivity contribution in [2.45, 2.75) is 51.7 Å². The molecular weight excluding hydrogens is 461 g/mol. The van der Waals surface area contributed by atoms with Gasteiger partial charge in [0, 0.05) is 45.3 Å². The largest absolute Gasteiger partial charge is 0.356 e. The number of benzene rings is 1. The van der Waals surface area contributed by atoms with Gasteiger partial charge in [-0.1, -0.05) is 37.3 Å². The van der Waals surface area contributed by atoms with Crippen molar-refractivity contribution in [3.05, 3.63) is 35.9 Å². The van der Waals surface area contributed by atoms with Gasteiger partial charge in [0.1, 0.15) is 0 Å². The number of rotatable bonds is 7. The first-order valence-electron chi connectivity index (χ1n) is 10.6. The van der Waals surface area contributed by atoms with Gasteiger partial charge in [-0.15, -0.1) is 24.0 Å². The molecule has 0 aromatic heterocycles. The number of halogens is 1. The fourth-order valence-electron chi connectivity index (χ4n) is 4.37. The lowest BCUT2D eigenvalue weighted by atomic mass is 10.1. The summed E-state index contributed by atoms with van der Waals surface area (Å²) in [6.07, 6.45) is 3.89. The highest BCUT2D eigenvalue weighted by Crippen LogP contribution is 2.20. The molecule has 2 N–H and O–H groups in total. The molecule has 5 nitrogen and oxygen atoms in total. The molecule has 6 heteroatoms. The Morgan fingerprint density at radius 1 is 1.21 bits per heavy atom. The van der Waals surface area contributed by atoms with E-state index < -0.39 is 0 Å². The van der Waals surface area contributed by atoms with E-state index in [2.05, 4.69) is 69.6 Å². The highest BCUT2D eigenvalue weighted by molar-refractivity contribution is 14.0. The van der Waals surface area contributed by atoms with E-state index >= 15 is 0 Å². The molecule has 2 saturated heterocycles. The zero-order valence-electron chi connectivity index (χ0n) is 17.7. The van der Waals surface area contributed by atoms with Gasteiger partial charge < -0.3 is 15.5 Å². The molecular formula is C22H38IN5. The Balaban J connectivity index is 0.00000280. The van der Waals surface area contributed by atoms with Crippen molar-refractivity contribution in [1.29, 1.82) is 0 Å². The van der Waals surface area contributed by atoms with Crippen LogP contribution in [0.2, 0.25) is 0 Å². The van der Waals surface area contributed by atoms with E-state index in [1.54, 1.807) is 0 Å². The number of aliphatic imine (C=N–C) groups is 1. The molecule has 2 heterocycles. The third-order valence-electron chi connectivity index (χ3n) is 5.88. The van der Waals surface area contributed by atoms with Crippen LogP contribution in [0.3, 0.4) is 0 Å². The van der Waals surface area contributed by atoms with Gasteiger partial charge in [0.25, 0.3) is 0 Å². The van der Waals surface area contributed by atoms with Gasteiger partial charge in [0.2, 0.25) is 0 Å². The van der Waals surface area contributed by atoms with Crippen LogP contribution >= 0.6 is 24.0 Å². The van der Waals surface area contributed by atoms with E-state index in [1.807, 2.05) is 7.05 Å². The van der Waals surface area contributed by atoms with E-state index in [0.717, 1.165) is 32.0 Å². The summed E-state index contributed by atoms with van der Waals surface area (Å²) in [7, 11) is 1.88. The van der Waals surface area contributed by atoms with Crippen molar-refractivity contribution in [3.63, 3.8) is 0 Å². The second-order valence-electron chi connectivity index (χ2n) is 8.41. The fourth-order valence-corrected chi connectivity index (χ4v) is 4.37. The second kappa shape index (κ2) is 12.0. The van der Waals surface area contributed by atoms with Crippen molar-refractivity contribution in [3.8, 4) is 0 Å². The number of nitrogens with one attached hydrogen (secondary N) is 2. The Hall–Kier alpha value is -0.860. The molecule has 1 aromatic carbocycles. The summed E-state index contributed by atoms with van der Waals surface area (Å²) in [4.78, 5) is 9.60. The monoisotopic (exact) mass is 499 g/mol. The first-order chi connectivity index (χ1) is 13.1. The lowest BCUT2D eigenvalue weighted by Gasteiger charge is -2.23. The summed E-state index contributed by atoms with van der Waals surface area (Å²) >= 11 is 0. The molecule has 3 unspecified atom stereocenters. The maximum absolute atomic E-state index is 4.45. The van der Waals surface area contributed by atoms with E-state index in [0.29, 0.717) is 18.0 Å². The van der Waals surface area contributed by atoms with E-state index in [1.165, 1.54) is 38.0 Å². The summed E-state index contributed by atoms with van der Waals surface area (Å²) in [6, 6.07) is 11.8. The maximum Gasteiger partial charge on any atom is 0.191 e. The van der Waals surface area contributed by atoms with Gasteiger partial charge in [-0.05, 0) is 50.8 Å². The average Bonchev–Trinajstić information content (AvgIpc) is 3.29. The fraction of sp³-hybridized carbons (Fsp3) is 0.682. The quantitative estimate of drug-likeness (QED) is 0.344. The molecule has 0 amide bonds. The van der Waals surface area contributed by atoms with Crippen LogP contribution in [0.15, 0.2) is 35.3 Å². The number of hydrogen-bond acceptors (Lipinski definition) is 3. The van der Waals surface area contributed by atoms with Crippen molar-refractivity contribution < 1.29 is 0 Å². The van der Waals surface area contributed by atoms with Gasteiger partial charge in [-0.25, -0.2) is 0 Å². The molecule has 2 aliphatic heterocycles. The van der Waals surface area contributed by atoms with Gasteiger partial charge >= 0.3 is 0 Å². The lowest BCUT2D eigenvalue weighted by Crippen LogP contribution is -2.46. The zero-order chi connectivity index (χ0) is 19.1. The zero-order valence-corrected chi connectivity index (χ0v) is 20.1. The van der Waals surface area contributed by atoms with Gasteiger partial charge in [0.15, 0.2) is 5.96 Å². The standard InChI is InChI=1S/C22H37N5.HI/c1-18(15-26-11-7-8-12-26)14-24-22(23-3)25-21-13-19(2)27(17-21)16-20-9-5-4-6-10-20;/h4-6,9-10,18-19,21H,7-8,11-17H2,1-3H3,(H2,23,24,25);1H. The van der Waals surface area contributed by atoms with Crippen molar-refractivity contribution >= 4 is 29.9 Å². The molecule has 0 spiro atoms. The van der Waals surface area contributed by atoms with Crippen molar-refractivity contribution in [1.82, 2.24) is 20.4 Å². The van der Waals surface area contributed by atoms with Crippen molar-refractivity contribution in [2.75, 3.05) is 39.8 Å². The minimum Gasteiger partial charge on any atom is -0.356 e. The number of guanidine groups is 1. The first kappa shape index (κ1) is 23.4.